The van der Waals surface area contributed by atoms with Crippen molar-refractivity contribution in [2.45, 2.75) is 13.8 Å². The maximum atomic E-state index is 11.7. The summed E-state index contributed by atoms with van der Waals surface area (Å²) in [5.74, 6) is 0.798. The van der Waals surface area contributed by atoms with Crippen molar-refractivity contribution in [3.8, 4) is 5.75 Å². The molecule has 1 aromatic carbocycles. The first-order chi connectivity index (χ1) is 9.16. The van der Waals surface area contributed by atoms with E-state index in [-0.39, 0.29) is 5.91 Å². The maximum Gasteiger partial charge on any atom is 0.261 e. The summed E-state index contributed by atoms with van der Waals surface area (Å²) in [4.78, 5) is 12.4. The summed E-state index contributed by atoms with van der Waals surface area (Å²) in [7, 11) is 0. The minimum Gasteiger partial charge on any atom is -0.492 e. The predicted molar refractivity (Wildman–Crippen MR) is 78.1 cm³/mol. The Morgan fingerprint density at radius 3 is 2.79 bits per heavy atom. The molecule has 4 heteroatoms. The van der Waals surface area contributed by atoms with Crippen LogP contribution in [-0.2, 0) is 0 Å². The summed E-state index contributed by atoms with van der Waals surface area (Å²) in [6.45, 7) is 5.10. The van der Waals surface area contributed by atoms with Crippen LogP contribution in [0.5, 0.6) is 5.75 Å². The van der Waals surface area contributed by atoms with Crippen LogP contribution in [0, 0.1) is 13.8 Å². The summed E-state index contributed by atoms with van der Waals surface area (Å²) in [6, 6.07) is 9.67. The number of nitrogens with one attached hydrogen (secondary N) is 1. The quantitative estimate of drug-likeness (QED) is 0.851. The van der Waals surface area contributed by atoms with E-state index in [9.17, 15) is 4.79 Å². The number of carbonyl (C=O) groups is 1. The smallest absolute Gasteiger partial charge is 0.261 e. The summed E-state index contributed by atoms with van der Waals surface area (Å²) < 4.78 is 5.60. The summed E-state index contributed by atoms with van der Waals surface area (Å²) in [5, 5.41) is 4.72. The highest BCUT2D eigenvalue weighted by Crippen LogP contribution is 2.16. The zero-order chi connectivity index (χ0) is 13.7. The molecule has 0 atom stereocenters. The Labute approximate surface area is 117 Å². The van der Waals surface area contributed by atoms with E-state index in [1.807, 2.05) is 35.7 Å². The highest BCUT2D eigenvalue weighted by Gasteiger charge is 2.05. The normalized spacial score (nSPS) is 10.2. The van der Waals surface area contributed by atoms with E-state index in [0.29, 0.717) is 13.2 Å². The average molecular weight is 275 g/mol. The van der Waals surface area contributed by atoms with Crippen LogP contribution < -0.4 is 10.1 Å². The number of carbonyl (C=O) groups excluding carboxylic acids is 1. The topological polar surface area (TPSA) is 38.3 Å². The van der Waals surface area contributed by atoms with Gasteiger partial charge in [-0.3, -0.25) is 4.79 Å². The Morgan fingerprint density at radius 1 is 1.26 bits per heavy atom. The fourth-order valence-electron chi connectivity index (χ4n) is 1.63. The van der Waals surface area contributed by atoms with Gasteiger partial charge in [0.2, 0.25) is 0 Å². The molecule has 0 aliphatic carbocycles. The Balaban J connectivity index is 1.75. The van der Waals surface area contributed by atoms with Crippen LogP contribution in [0.1, 0.15) is 20.8 Å². The van der Waals surface area contributed by atoms with Gasteiger partial charge in [0.25, 0.3) is 5.91 Å². The van der Waals surface area contributed by atoms with E-state index in [0.717, 1.165) is 10.6 Å². The minimum absolute atomic E-state index is 0.0429. The lowest BCUT2D eigenvalue weighted by Crippen LogP contribution is -2.27. The molecule has 0 saturated heterocycles. The summed E-state index contributed by atoms with van der Waals surface area (Å²) >= 11 is 1.44. The number of hydrogen-bond donors (Lipinski definition) is 1. The van der Waals surface area contributed by atoms with Crippen molar-refractivity contribution in [2.75, 3.05) is 13.2 Å². The van der Waals surface area contributed by atoms with Crippen molar-refractivity contribution in [1.82, 2.24) is 5.32 Å². The van der Waals surface area contributed by atoms with Gasteiger partial charge >= 0.3 is 0 Å². The SMILES string of the molecule is Cc1ccc(OCCNC(=O)c2cccs2)cc1C. The van der Waals surface area contributed by atoms with Crippen LogP contribution >= 0.6 is 11.3 Å². The summed E-state index contributed by atoms with van der Waals surface area (Å²) in [5.41, 5.74) is 2.46. The summed E-state index contributed by atoms with van der Waals surface area (Å²) in [6.07, 6.45) is 0. The zero-order valence-electron chi connectivity index (χ0n) is 11.1. The second-order valence-corrected chi connectivity index (χ2v) is 5.28. The van der Waals surface area contributed by atoms with Crippen molar-refractivity contribution in [3.05, 3.63) is 51.7 Å². The van der Waals surface area contributed by atoms with Gasteiger partial charge in [0.1, 0.15) is 12.4 Å². The monoisotopic (exact) mass is 275 g/mol. The third-order valence-electron chi connectivity index (χ3n) is 2.88. The molecule has 1 heterocycles. The number of aryl methyl sites for hydroxylation is 2. The van der Waals surface area contributed by atoms with E-state index in [1.54, 1.807) is 0 Å². The Hall–Kier alpha value is -1.81. The van der Waals surface area contributed by atoms with Crippen molar-refractivity contribution in [3.63, 3.8) is 0 Å². The first kappa shape index (κ1) is 13.6. The number of hydrogen-bond acceptors (Lipinski definition) is 3. The fraction of sp³-hybridized carbons (Fsp3) is 0.267. The van der Waals surface area contributed by atoms with Gasteiger partial charge in [-0.1, -0.05) is 12.1 Å². The molecule has 0 bridgehead atoms. The number of amides is 1. The lowest BCUT2D eigenvalue weighted by Gasteiger charge is -2.08. The maximum absolute atomic E-state index is 11.7. The number of rotatable bonds is 5. The van der Waals surface area contributed by atoms with Crippen molar-refractivity contribution in [1.29, 1.82) is 0 Å². The van der Waals surface area contributed by atoms with Crippen LogP contribution in [0.4, 0.5) is 0 Å². The molecule has 100 valence electrons. The van der Waals surface area contributed by atoms with E-state index in [4.69, 9.17) is 4.74 Å². The van der Waals surface area contributed by atoms with Gasteiger partial charge in [-0.05, 0) is 48.6 Å². The molecule has 0 unspecified atom stereocenters. The minimum atomic E-state index is -0.0429. The number of thiophene rings is 1. The van der Waals surface area contributed by atoms with Gasteiger partial charge in [0.05, 0.1) is 11.4 Å². The van der Waals surface area contributed by atoms with Crippen LogP contribution in [0.2, 0.25) is 0 Å². The second kappa shape index (κ2) is 6.38. The molecule has 1 amide bonds. The lowest BCUT2D eigenvalue weighted by molar-refractivity contribution is 0.0951. The van der Waals surface area contributed by atoms with Crippen LogP contribution in [0.3, 0.4) is 0 Å². The molecule has 2 rings (SSSR count). The Morgan fingerprint density at radius 2 is 2.11 bits per heavy atom. The van der Waals surface area contributed by atoms with Gasteiger partial charge in [-0.25, -0.2) is 0 Å². The standard InChI is InChI=1S/C15H17NO2S/c1-11-5-6-13(10-12(11)2)18-8-7-16-15(17)14-4-3-9-19-14/h3-6,9-10H,7-8H2,1-2H3,(H,16,17). The number of ether oxygens (including phenoxy) is 1. The molecule has 0 saturated carbocycles. The molecule has 3 nitrogen and oxygen atoms in total. The van der Waals surface area contributed by atoms with Crippen molar-refractivity contribution in [2.24, 2.45) is 0 Å². The van der Waals surface area contributed by atoms with Gasteiger partial charge in [-0.15, -0.1) is 11.3 Å². The van der Waals surface area contributed by atoms with Crippen LogP contribution in [-0.4, -0.2) is 19.1 Å². The van der Waals surface area contributed by atoms with E-state index < -0.39 is 0 Å². The number of benzene rings is 1. The molecular weight excluding hydrogens is 258 g/mol. The Bertz CT molecular complexity index is 549. The highest BCUT2D eigenvalue weighted by molar-refractivity contribution is 7.12. The molecule has 0 radical (unpaired) electrons. The Kier molecular flexibility index (Phi) is 4.58. The zero-order valence-corrected chi connectivity index (χ0v) is 11.9. The molecule has 0 aliphatic heterocycles. The molecule has 19 heavy (non-hydrogen) atoms. The van der Waals surface area contributed by atoms with Crippen LogP contribution in [0.25, 0.3) is 0 Å². The molecule has 1 aromatic heterocycles. The van der Waals surface area contributed by atoms with E-state index in [1.165, 1.54) is 22.5 Å². The first-order valence-electron chi connectivity index (χ1n) is 6.18. The third-order valence-corrected chi connectivity index (χ3v) is 3.75. The van der Waals surface area contributed by atoms with Crippen molar-refractivity contribution >= 4 is 17.2 Å². The van der Waals surface area contributed by atoms with Gasteiger partial charge in [-0.2, -0.15) is 0 Å². The lowest BCUT2D eigenvalue weighted by atomic mass is 10.1. The third kappa shape index (κ3) is 3.83. The molecule has 0 fully saturated rings. The fourth-order valence-corrected chi connectivity index (χ4v) is 2.27. The molecule has 0 spiro atoms. The van der Waals surface area contributed by atoms with E-state index >= 15 is 0 Å². The van der Waals surface area contributed by atoms with Gasteiger partial charge in [0, 0.05) is 0 Å². The molecule has 2 aromatic rings. The van der Waals surface area contributed by atoms with Gasteiger partial charge < -0.3 is 10.1 Å². The molecule has 1 N–H and O–H groups in total. The second-order valence-electron chi connectivity index (χ2n) is 4.33. The highest BCUT2D eigenvalue weighted by atomic mass is 32.1. The van der Waals surface area contributed by atoms with Gasteiger partial charge in [0.15, 0.2) is 0 Å². The van der Waals surface area contributed by atoms with Crippen molar-refractivity contribution < 1.29 is 9.53 Å². The molecular formula is C15H17NO2S. The predicted octanol–water partition coefficient (Wildman–Crippen LogP) is 3.17. The average Bonchev–Trinajstić information content (AvgIpc) is 2.92. The largest absolute Gasteiger partial charge is 0.492 e. The van der Waals surface area contributed by atoms with Crippen LogP contribution in [0.15, 0.2) is 35.7 Å². The van der Waals surface area contributed by atoms with E-state index in [2.05, 4.69) is 19.2 Å². The first-order valence-corrected chi connectivity index (χ1v) is 7.06. The molecule has 0 aliphatic rings.